The molecule has 0 aliphatic heterocycles. The molecule has 2 aromatic carbocycles. The number of nitrogens with one attached hydrogen (secondary N) is 2. The lowest BCUT2D eigenvalue weighted by molar-refractivity contribution is 0.0953. The van der Waals surface area contributed by atoms with Crippen molar-refractivity contribution in [3.8, 4) is 0 Å². The molecule has 1 heterocycles. The molecule has 0 radical (unpaired) electrons. The zero-order valence-corrected chi connectivity index (χ0v) is 16.4. The van der Waals surface area contributed by atoms with Gasteiger partial charge in [-0.25, -0.2) is 9.97 Å². The Morgan fingerprint density at radius 3 is 2.14 bits per heavy atom. The third-order valence-corrected chi connectivity index (χ3v) is 4.69. The number of amides is 1. The molecule has 3 aromatic rings. The maximum atomic E-state index is 12.3. The number of aromatic nitrogens is 2. The number of rotatable bonds is 8. The smallest absolute Gasteiger partial charge is 0.254 e. The van der Waals surface area contributed by atoms with E-state index in [1.807, 2.05) is 18.2 Å². The lowest BCUT2D eigenvalue weighted by Crippen LogP contribution is -2.26. The van der Waals surface area contributed by atoms with Crippen molar-refractivity contribution in [1.29, 1.82) is 0 Å². The van der Waals surface area contributed by atoms with Crippen LogP contribution in [0.2, 0.25) is 0 Å². The fourth-order valence-corrected chi connectivity index (χ4v) is 3.09. The number of anilines is 2. The van der Waals surface area contributed by atoms with Crippen molar-refractivity contribution >= 4 is 17.5 Å². The molecule has 0 aliphatic rings. The Balaban J connectivity index is 1.61. The Morgan fingerprint density at radius 2 is 1.54 bits per heavy atom. The van der Waals surface area contributed by atoms with Gasteiger partial charge in [0.1, 0.15) is 0 Å². The number of carbonyl (C=O) groups is 1. The number of para-hydroxylation sites is 1. The molecule has 0 spiro atoms. The monoisotopic (exact) mass is 374 g/mol. The number of aryl methyl sites for hydroxylation is 2. The van der Waals surface area contributed by atoms with Crippen LogP contribution < -0.4 is 10.6 Å². The van der Waals surface area contributed by atoms with Crippen LogP contribution in [0.15, 0.2) is 60.9 Å². The minimum absolute atomic E-state index is 0.161. The first kappa shape index (κ1) is 19.5. The second kappa shape index (κ2) is 9.65. The van der Waals surface area contributed by atoms with Gasteiger partial charge < -0.3 is 10.6 Å². The van der Waals surface area contributed by atoms with E-state index in [-0.39, 0.29) is 5.91 Å². The highest BCUT2D eigenvalue weighted by Crippen LogP contribution is 2.25. The second-order valence-corrected chi connectivity index (χ2v) is 6.57. The summed E-state index contributed by atoms with van der Waals surface area (Å²) < 4.78 is 0. The highest BCUT2D eigenvalue weighted by molar-refractivity contribution is 5.93. The fourth-order valence-electron chi connectivity index (χ4n) is 3.09. The molecule has 5 heteroatoms. The summed E-state index contributed by atoms with van der Waals surface area (Å²) in [7, 11) is 0. The molecule has 0 bridgehead atoms. The van der Waals surface area contributed by atoms with Crippen LogP contribution in [0.25, 0.3) is 0 Å². The van der Waals surface area contributed by atoms with Gasteiger partial charge in [0.15, 0.2) is 0 Å². The van der Waals surface area contributed by atoms with E-state index in [1.54, 1.807) is 12.4 Å². The quantitative estimate of drug-likeness (QED) is 0.616. The number of nitrogens with zero attached hydrogens (tertiary/aromatic N) is 2. The van der Waals surface area contributed by atoms with Crippen molar-refractivity contribution in [3.63, 3.8) is 0 Å². The van der Waals surface area contributed by atoms with Crippen LogP contribution in [0.4, 0.5) is 11.6 Å². The van der Waals surface area contributed by atoms with E-state index in [4.69, 9.17) is 0 Å². The fraction of sp³-hybridized carbons (Fsp3) is 0.261. The Hall–Kier alpha value is -3.21. The topological polar surface area (TPSA) is 66.9 Å². The number of hydrogen-bond donors (Lipinski definition) is 2. The molecule has 144 valence electrons. The van der Waals surface area contributed by atoms with Crippen molar-refractivity contribution in [2.75, 3.05) is 11.9 Å². The molecule has 0 saturated carbocycles. The molecule has 0 unspecified atom stereocenters. The van der Waals surface area contributed by atoms with Gasteiger partial charge in [-0.05, 0) is 36.0 Å². The van der Waals surface area contributed by atoms with E-state index >= 15 is 0 Å². The van der Waals surface area contributed by atoms with Crippen LogP contribution in [-0.2, 0) is 19.3 Å². The molecule has 28 heavy (non-hydrogen) atoms. The normalized spacial score (nSPS) is 10.5. The minimum Gasteiger partial charge on any atom is -0.352 e. The van der Waals surface area contributed by atoms with E-state index in [2.05, 4.69) is 64.8 Å². The van der Waals surface area contributed by atoms with Crippen molar-refractivity contribution in [2.45, 2.75) is 33.1 Å². The summed E-state index contributed by atoms with van der Waals surface area (Å²) in [6.07, 6.45) is 5.78. The predicted molar refractivity (Wildman–Crippen MR) is 113 cm³/mol. The first-order chi connectivity index (χ1) is 13.7. The Labute approximate surface area is 166 Å². The van der Waals surface area contributed by atoms with E-state index in [0.717, 1.165) is 24.9 Å². The van der Waals surface area contributed by atoms with E-state index in [0.29, 0.717) is 18.1 Å². The Kier molecular flexibility index (Phi) is 6.73. The molecule has 0 saturated heterocycles. The summed E-state index contributed by atoms with van der Waals surface area (Å²) in [6.45, 7) is 4.83. The standard InChI is InChI=1S/C23H26N4O/c1-3-18-11-8-12-19(4-2)21(18)27-23-25-15-20(16-26-23)22(28)24-14-13-17-9-6-5-7-10-17/h5-12,15-16H,3-4,13-14H2,1-2H3,(H,24,28)(H,25,26,27). The van der Waals surface area contributed by atoms with Gasteiger partial charge in [0.2, 0.25) is 5.95 Å². The average Bonchev–Trinajstić information content (AvgIpc) is 2.75. The van der Waals surface area contributed by atoms with Gasteiger partial charge in [0.25, 0.3) is 5.91 Å². The summed E-state index contributed by atoms with van der Waals surface area (Å²) in [5, 5.41) is 6.23. The average molecular weight is 374 g/mol. The van der Waals surface area contributed by atoms with Crippen LogP contribution in [0.3, 0.4) is 0 Å². The van der Waals surface area contributed by atoms with Gasteiger partial charge in [-0.15, -0.1) is 0 Å². The summed E-state index contributed by atoms with van der Waals surface area (Å²) >= 11 is 0. The first-order valence-electron chi connectivity index (χ1n) is 9.73. The number of carbonyl (C=O) groups excluding carboxylic acids is 1. The summed E-state index contributed by atoms with van der Waals surface area (Å²) in [5.41, 5.74) is 5.17. The molecule has 0 fully saturated rings. The zero-order valence-electron chi connectivity index (χ0n) is 16.4. The van der Waals surface area contributed by atoms with Gasteiger partial charge in [0, 0.05) is 24.6 Å². The van der Waals surface area contributed by atoms with E-state index in [9.17, 15) is 4.79 Å². The van der Waals surface area contributed by atoms with Gasteiger partial charge >= 0.3 is 0 Å². The van der Waals surface area contributed by atoms with E-state index < -0.39 is 0 Å². The maximum absolute atomic E-state index is 12.3. The van der Waals surface area contributed by atoms with Crippen molar-refractivity contribution < 1.29 is 4.79 Å². The molecule has 2 N–H and O–H groups in total. The van der Waals surface area contributed by atoms with Gasteiger partial charge in [-0.1, -0.05) is 62.4 Å². The van der Waals surface area contributed by atoms with Crippen LogP contribution >= 0.6 is 0 Å². The molecular weight excluding hydrogens is 348 g/mol. The van der Waals surface area contributed by atoms with Gasteiger partial charge in [-0.2, -0.15) is 0 Å². The van der Waals surface area contributed by atoms with Crippen molar-refractivity contribution in [3.05, 3.63) is 83.2 Å². The molecular formula is C23H26N4O. The van der Waals surface area contributed by atoms with Crippen molar-refractivity contribution in [2.24, 2.45) is 0 Å². The summed E-state index contributed by atoms with van der Waals surface area (Å²) in [6, 6.07) is 16.4. The highest BCUT2D eigenvalue weighted by Gasteiger charge is 2.10. The SMILES string of the molecule is CCc1cccc(CC)c1Nc1ncc(C(=O)NCCc2ccccc2)cn1. The molecule has 0 atom stereocenters. The lowest BCUT2D eigenvalue weighted by Gasteiger charge is -2.14. The first-order valence-corrected chi connectivity index (χ1v) is 9.73. The summed E-state index contributed by atoms with van der Waals surface area (Å²) in [4.78, 5) is 21.0. The van der Waals surface area contributed by atoms with Crippen molar-refractivity contribution in [1.82, 2.24) is 15.3 Å². The third-order valence-electron chi connectivity index (χ3n) is 4.69. The van der Waals surface area contributed by atoms with Crippen LogP contribution in [0.1, 0.15) is 40.9 Å². The maximum Gasteiger partial charge on any atom is 0.254 e. The molecule has 5 nitrogen and oxygen atoms in total. The molecule has 1 aromatic heterocycles. The van der Waals surface area contributed by atoms with Crippen LogP contribution in [-0.4, -0.2) is 22.4 Å². The largest absolute Gasteiger partial charge is 0.352 e. The molecule has 1 amide bonds. The van der Waals surface area contributed by atoms with Crippen LogP contribution in [0, 0.1) is 0 Å². The number of hydrogen-bond acceptors (Lipinski definition) is 4. The Bertz CT molecular complexity index is 885. The van der Waals surface area contributed by atoms with Crippen LogP contribution in [0.5, 0.6) is 0 Å². The minimum atomic E-state index is -0.161. The van der Waals surface area contributed by atoms with Gasteiger partial charge in [0.05, 0.1) is 5.56 Å². The second-order valence-electron chi connectivity index (χ2n) is 6.57. The van der Waals surface area contributed by atoms with Gasteiger partial charge in [-0.3, -0.25) is 4.79 Å². The predicted octanol–water partition coefficient (Wildman–Crippen LogP) is 4.32. The number of benzene rings is 2. The lowest BCUT2D eigenvalue weighted by atomic mass is 10.0. The Morgan fingerprint density at radius 1 is 0.893 bits per heavy atom. The molecule has 0 aliphatic carbocycles. The summed E-state index contributed by atoms with van der Waals surface area (Å²) in [5.74, 6) is 0.335. The third kappa shape index (κ3) is 4.94. The molecule has 3 rings (SSSR count). The van der Waals surface area contributed by atoms with E-state index in [1.165, 1.54) is 16.7 Å². The highest BCUT2D eigenvalue weighted by atomic mass is 16.1. The zero-order chi connectivity index (χ0) is 19.8.